The van der Waals surface area contributed by atoms with Gasteiger partial charge in [0.25, 0.3) is 0 Å². The number of hydrogen-bond acceptors (Lipinski definition) is 11. The van der Waals surface area contributed by atoms with Gasteiger partial charge in [-0.25, -0.2) is 19.2 Å². The van der Waals surface area contributed by atoms with E-state index >= 15 is 0 Å². The Morgan fingerprint density at radius 1 is 0.698 bits per heavy atom. The fourth-order valence-corrected chi connectivity index (χ4v) is 3.67. The predicted molar refractivity (Wildman–Crippen MR) is 158 cm³/mol. The van der Waals surface area contributed by atoms with Gasteiger partial charge in [0, 0.05) is 58.2 Å². The van der Waals surface area contributed by atoms with E-state index in [1.165, 1.54) is 13.8 Å². The molecule has 0 bridgehead atoms. The highest BCUT2D eigenvalue weighted by atomic mass is 16.6. The van der Waals surface area contributed by atoms with E-state index in [0.717, 1.165) is 0 Å². The second kappa shape index (κ2) is 16.5. The minimum atomic E-state index is -0.859. The Labute approximate surface area is 251 Å². The summed E-state index contributed by atoms with van der Waals surface area (Å²) >= 11 is 0. The van der Waals surface area contributed by atoms with Crippen molar-refractivity contribution in [1.82, 2.24) is 15.4 Å². The van der Waals surface area contributed by atoms with Crippen LogP contribution in [-0.2, 0) is 51.0 Å². The minimum absolute atomic E-state index is 0.00301. The lowest BCUT2D eigenvalue weighted by molar-refractivity contribution is -0.147. The Kier molecular flexibility index (Phi) is 13.1. The predicted octanol–water partition coefficient (Wildman–Crippen LogP) is 4.53. The number of aromatic nitrogens is 3. The smallest absolute Gasteiger partial charge is 0.333 e. The van der Waals surface area contributed by atoms with E-state index in [-0.39, 0.29) is 61.4 Å². The van der Waals surface area contributed by atoms with E-state index in [2.05, 4.69) is 41.7 Å². The summed E-state index contributed by atoms with van der Waals surface area (Å²) in [4.78, 5) is 48.5. The minimum Gasteiger partial charge on any atom is -0.462 e. The molecule has 1 unspecified atom stereocenters. The third-order valence-electron chi connectivity index (χ3n) is 5.92. The number of hydrogen-bond donors (Lipinski definition) is 0. The molecule has 1 aromatic carbocycles. The van der Waals surface area contributed by atoms with Crippen molar-refractivity contribution in [2.45, 2.75) is 53.1 Å². The van der Waals surface area contributed by atoms with Gasteiger partial charge in [0.15, 0.2) is 0 Å². The first-order valence-corrected chi connectivity index (χ1v) is 13.5. The van der Waals surface area contributed by atoms with E-state index < -0.39 is 30.0 Å². The molecule has 43 heavy (non-hydrogen) atoms. The van der Waals surface area contributed by atoms with Crippen molar-refractivity contribution < 1.29 is 38.1 Å². The molecule has 0 saturated heterocycles. The number of carbonyl (C=O) groups is 4. The van der Waals surface area contributed by atoms with Gasteiger partial charge in [-0.15, -0.1) is 10.2 Å². The quantitative estimate of drug-likeness (QED) is 0.154. The van der Waals surface area contributed by atoms with Crippen LogP contribution in [-0.4, -0.2) is 59.1 Å². The summed E-state index contributed by atoms with van der Waals surface area (Å²) in [5.41, 5.74) is 3.50. The molecule has 228 valence electrons. The highest BCUT2D eigenvalue weighted by Crippen LogP contribution is 2.34. The highest BCUT2D eigenvalue weighted by molar-refractivity contribution is 5.88. The van der Waals surface area contributed by atoms with Crippen molar-refractivity contribution in [1.29, 1.82) is 0 Å². The fourth-order valence-electron chi connectivity index (χ4n) is 3.67. The lowest BCUT2D eigenvalue weighted by atomic mass is 9.93. The summed E-state index contributed by atoms with van der Waals surface area (Å²) in [5, 5.41) is 12.4. The summed E-state index contributed by atoms with van der Waals surface area (Å²) in [6.45, 7) is 20.5. The summed E-state index contributed by atoms with van der Waals surface area (Å²) in [5.74, 6) is -2.29. The fraction of sp³-hybridized carbons (Fsp3) is 0.344. The largest absolute Gasteiger partial charge is 0.462 e. The van der Waals surface area contributed by atoms with Gasteiger partial charge in [0.2, 0.25) is 0 Å². The van der Waals surface area contributed by atoms with Gasteiger partial charge in [-0.05, 0) is 32.9 Å². The Bertz CT molecular complexity index is 1430. The van der Waals surface area contributed by atoms with Crippen molar-refractivity contribution in [2.75, 3.05) is 19.8 Å². The molecule has 0 amide bonds. The van der Waals surface area contributed by atoms with Crippen molar-refractivity contribution >= 4 is 23.9 Å². The first kappa shape index (κ1) is 34.3. The van der Waals surface area contributed by atoms with Gasteiger partial charge in [0.05, 0.1) is 25.5 Å². The van der Waals surface area contributed by atoms with E-state index in [4.69, 9.17) is 18.9 Å². The standard InChI is InChI=1S/C32H37N3O8/c1-19(2)29(36)40-16-13-25-26(14-17-41-30(37)20(3)4)33-35-34-28(25)24-12-10-9-11-23(24)27(43-32(39)22(7)8)15-18-42-31(38)21(5)6/h9-12,27H,1,3,5,7,13-18H2,2,4,6,8H3. The van der Waals surface area contributed by atoms with Gasteiger partial charge in [0.1, 0.15) is 11.8 Å². The first-order chi connectivity index (χ1) is 20.3. The Morgan fingerprint density at radius 3 is 1.77 bits per heavy atom. The molecule has 2 rings (SSSR count). The van der Waals surface area contributed by atoms with Crippen molar-refractivity contribution in [3.63, 3.8) is 0 Å². The molecule has 1 aromatic heterocycles. The van der Waals surface area contributed by atoms with E-state index in [1.807, 2.05) is 0 Å². The average molecular weight is 592 g/mol. The summed E-state index contributed by atoms with van der Waals surface area (Å²) in [6, 6.07) is 7.07. The van der Waals surface area contributed by atoms with Gasteiger partial charge in [-0.3, -0.25) is 0 Å². The number of esters is 4. The van der Waals surface area contributed by atoms with Crippen LogP contribution < -0.4 is 0 Å². The summed E-state index contributed by atoms with van der Waals surface area (Å²) < 4.78 is 21.6. The van der Waals surface area contributed by atoms with Gasteiger partial charge in [-0.2, -0.15) is 0 Å². The Morgan fingerprint density at radius 2 is 1.21 bits per heavy atom. The van der Waals surface area contributed by atoms with Crippen LogP contribution in [0.15, 0.2) is 72.9 Å². The van der Waals surface area contributed by atoms with Crippen molar-refractivity contribution in [3.05, 3.63) is 89.7 Å². The second-order valence-corrected chi connectivity index (χ2v) is 9.86. The molecule has 1 heterocycles. The molecule has 11 nitrogen and oxygen atoms in total. The molecule has 0 saturated carbocycles. The van der Waals surface area contributed by atoms with Crippen molar-refractivity contribution in [2.24, 2.45) is 0 Å². The van der Waals surface area contributed by atoms with E-state index in [0.29, 0.717) is 28.1 Å². The van der Waals surface area contributed by atoms with Crippen LogP contribution in [0.2, 0.25) is 0 Å². The average Bonchev–Trinajstić information content (AvgIpc) is 2.96. The summed E-state index contributed by atoms with van der Waals surface area (Å²) in [6.07, 6.45) is -0.342. The lowest BCUT2D eigenvalue weighted by Gasteiger charge is -2.22. The zero-order valence-electron chi connectivity index (χ0n) is 25.1. The maximum Gasteiger partial charge on any atom is 0.333 e. The maximum atomic E-state index is 12.6. The number of ether oxygens (including phenoxy) is 4. The molecule has 1 atom stereocenters. The number of benzene rings is 1. The van der Waals surface area contributed by atoms with Crippen LogP contribution in [0.5, 0.6) is 0 Å². The molecular formula is C32H37N3O8. The third-order valence-corrected chi connectivity index (χ3v) is 5.92. The molecule has 0 aliphatic carbocycles. The number of carbonyl (C=O) groups excluding carboxylic acids is 4. The topological polar surface area (TPSA) is 144 Å². The SMILES string of the molecule is C=C(C)C(=O)OCCc1nnnc(-c2ccccc2C(CCOC(=O)C(=C)C)OC(=O)C(=C)C)c1CCOC(=O)C(=C)C. The Balaban J connectivity index is 2.55. The molecule has 0 fully saturated rings. The van der Waals surface area contributed by atoms with Crippen LogP contribution in [0.3, 0.4) is 0 Å². The van der Waals surface area contributed by atoms with Gasteiger partial charge in [-0.1, -0.05) is 50.6 Å². The molecule has 11 heteroatoms. The van der Waals surface area contributed by atoms with Crippen LogP contribution >= 0.6 is 0 Å². The van der Waals surface area contributed by atoms with Crippen LogP contribution in [0.1, 0.15) is 57.0 Å². The third kappa shape index (κ3) is 10.4. The molecule has 0 spiro atoms. The van der Waals surface area contributed by atoms with E-state index in [9.17, 15) is 19.2 Å². The summed E-state index contributed by atoms with van der Waals surface area (Å²) in [7, 11) is 0. The molecule has 0 radical (unpaired) electrons. The first-order valence-electron chi connectivity index (χ1n) is 13.5. The lowest BCUT2D eigenvalue weighted by Crippen LogP contribution is -2.18. The monoisotopic (exact) mass is 591 g/mol. The normalized spacial score (nSPS) is 11.1. The van der Waals surface area contributed by atoms with Crippen LogP contribution in [0.25, 0.3) is 11.3 Å². The van der Waals surface area contributed by atoms with Crippen LogP contribution in [0, 0.1) is 0 Å². The second-order valence-electron chi connectivity index (χ2n) is 9.86. The Hall–Kier alpha value is -4.93. The van der Waals surface area contributed by atoms with E-state index in [1.54, 1.807) is 38.1 Å². The molecule has 0 N–H and O–H groups in total. The molecule has 2 aromatic rings. The van der Waals surface area contributed by atoms with Gasteiger partial charge < -0.3 is 18.9 Å². The number of rotatable bonds is 16. The van der Waals surface area contributed by atoms with Crippen LogP contribution in [0.4, 0.5) is 0 Å². The molecular weight excluding hydrogens is 554 g/mol. The highest BCUT2D eigenvalue weighted by Gasteiger charge is 2.25. The zero-order valence-corrected chi connectivity index (χ0v) is 25.1. The number of nitrogens with zero attached hydrogens (tertiary/aromatic N) is 3. The molecule has 0 aliphatic rings. The van der Waals surface area contributed by atoms with Crippen molar-refractivity contribution in [3.8, 4) is 11.3 Å². The zero-order chi connectivity index (χ0) is 32.1. The maximum absolute atomic E-state index is 12.6. The van der Waals surface area contributed by atoms with Gasteiger partial charge >= 0.3 is 23.9 Å². The molecule has 0 aliphatic heterocycles.